The predicted octanol–water partition coefficient (Wildman–Crippen LogP) is 5.03. The molecule has 2 aliphatic rings. The number of rotatable bonds is 3. The summed E-state index contributed by atoms with van der Waals surface area (Å²) in [6.07, 6.45) is 4.96. The lowest BCUT2D eigenvalue weighted by Gasteiger charge is -2.22. The van der Waals surface area contributed by atoms with Crippen LogP contribution < -0.4 is 0 Å². The zero-order valence-corrected chi connectivity index (χ0v) is 14.0. The molecule has 2 heteroatoms. The third-order valence-electron chi connectivity index (χ3n) is 5.01. The first-order valence-electron chi connectivity index (χ1n) is 8.34. The lowest BCUT2D eigenvalue weighted by molar-refractivity contribution is -0.113. The first-order valence-corrected chi connectivity index (χ1v) is 8.34. The van der Waals surface area contributed by atoms with Crippen molar-refractivity contribution in [2.24, 2.45) is 0 Å². The Bertz CT molecular complexity index is 843. The highest BCUT2D eigenvalue weighted by molar-refractivity contribution is 5.96. The number of carbonyl (C=O) groups excluding carboxylic acids is 1. The van der Waals surface area contributed by atoms with Gasteiger partial charge in [0, 0.05) is 12.3 Å². The fraction of sp³-hybridized carbons (Fsp3) is 0.227. The van der Waals surface area contributed by atoms with Crippen LogP contribution in [-0.2, 0) is 9.53 Å². The molecule has 2 aromatic rings. The number of benzene rings is 2. The van der Waals surface area contributed by atoms with Crippen LogP contribution in [-0.4, -0.2) is 11.4 Å². The van der Waals surface area contributed by atoms with Gasteiger partial charge >= 0.3 is 0 Å². The van der Waals surface area contributed by atoms with Crippen molar-refractivity contribution >= 4 is 5.78 Å². The van der Waals surface area contributed by atoms with Gasteiger partial charge in [-0.2, -0.15) is 0 Å². The fourth-order valence-electron chi connectivity index (χ4n) is 3.58. The molecule has 1 spiro atoms. The van der Waals surface area contributed by atoms with E-state index < -0.39 is 0 Å². The van der Waals surface area contributed by atoms with Gasteiger partial charge in [-0.1, -0.05) is 54.6 Å². The Labute approximate surface area is 142 Å². The van der Waals surface area contributed by atoms with Gasteiger partial charge < -0.3 is 4.74 Å². The van der Waals surface area contributed by atoms with Crippen molar-refractivity contribution in [3.05, 3.63) is 83.6 Å². The molecule has 120 valence electrons. The Morgan fingerprint density at radius 3 is 2.33 bits per heavy atom. The van der Waals surface area contributed by atoms with E-state index in [2.05, 4.69) is 54.6 Å². The van der Waals surface area contributed by atoms with E-state index in [9.17, 15) is 4.79 Å². The van der Waals surface area contributed by atoms with Gasteiger partial charge in [0.15, 0.2) is 5.78 Å². The number of ether oxygens (including phenoxy) is 1. The molecule has 0 radical (unpaired) electrons. The van der Waals surface area contributed by atoms with Crippen LogP contribution in [0.4, 0.5) is 0 Å². The lowest BCUT2D eigenvalue weighted by Crippen LogP contribution is -2.18. The molecule has 1 fully saturated rings. The highest BCUT2D eigenvalue weighted by Gasteiger charge is 2.57. The van der Waals surface area contributed by atoms with Crippen LogP contribution in [0.25, 0.3) is 11.1 Å². The second-order valence-electron chi connectivity index (χ2n) is 6.66. The second-order valence-corrected chi connectivity index (χ2v) is 6.66. The molecule has 0 saturated heterocycles. The predicted molar refractivity (Wildman–Crippen MR) is 95.6 cm³/mol. The molecule has 24 heavy (non-hydrogen) atoms. The van der Waals surface area contributed by atoms with E-state index in [0.29, 0.717) is 11.5 Å². The van der Waals surface area contributed by atoms with Crippen LogP contribution in [0, 0.1) is 0 Å². The third kappa shape index (κ3) is 2.48. The molecule has 4 rings (SSSR count). The first-order chi connectivity index (χ1) is 11.6. The van der Waals surface area contributed by atoms with Gasteiger partial charge in [0.2, 0.25) is 0 Å². The zero-order chi connectivity index (χ0) is 16.7. The van der Waals surface area contributed by atoms with Crippen LogP contribution in [0.5, 0.6) is 0 Å². The molecular weight excluding hydrogens is 296 g/mol. The topological polar surface area (TPSA) is 26.3 Å². The summed E-state index contributed by atoms with van der Waals surface area (Å²) < 4.78 is 6.11. The van der Waals surface area contributed by atoms with Crippen molar-refractivity contribution < 1.29 is 9.53 Å². The van der Waals surface area contributed by atoms with Gasteiger partial charge in [-0.3, -0.25) is 4.79 Å². The summed E-state index contributed by atoms with van der Waals surface area (Å²) in [5, 5.41) is 0. The van der Waals surface area contributed by atoms with E-state index >= 15 is 0 Å². The summed E-state index contributed by atoms with van der Waals surface area (Å²) in [6.45, 7) is 3.47. The maximum atomic E-state index is 11.6. The highest BCUT2D eigenvalue weighted by atomic mass is 16.5. The number of Topliss-reactive ketones (excluding diaryl/α,β-unsaturated/α-hetero) is 1. The standard InChI is InChI=1S/C22H20O2/c1-15(23)20-12-13-22(24-16(20)2)14-21(22)19-10-8-18(9-11-19)17-6-4-3-5-7-17/h3-13,21H,14H2,1-2H3/t21-,22+/m0/s1. The third-order valence-corrected chi connectivity index (χ3v) is 5.01. The average Bonchev–Trinajstić information content (AvgIpc) is 3.28. The minimum atomic E-state index is -0.253. The van der Waals surface area contributed by atoms with Crippen molar-refractivity contribution in [3.8, 4) is 11.1 Å². The number of hydrogen-bond acceptors (Lipinski definition) is 2. The van der Waals surface area contributed by atoms with Gasteiger partial charge in [0.1, 0.15) is 11.4 Å². The summed E-state index contributed by atoms with van der Waals surface area (Å²) in [4.78, 5) is 11.6. The van der Waals surface area contributed by atoms with Crippen molar-refractivity contribution in [2.45, 2.75) is 31.8 Å². The second kappa shape index (κ2) is 5.48. The molecule has 1 aliphatic carbocycles. The number of allylic oxidation sites excluding steroid dienone is 3. The summed E-state index contributed by atoms with van der Waals surface area (Å²) in [7, 11) is 0. The Balaban J connectivity index is 1.54. The molecule has 2 aromatic carbocycles. The van der Waals surface area contributed by atoms with E-state index in [4.69, 9.17) is 4.74 Å². The number of hydrogen-bond donors (Lipinski definition) is 0. The van der Waals surface area contributed by atoms with E-state index in [1.807, 2.05) is 19.1 Å². The number of carbonyl (C=O) groups is 1. The molecule has 1 heterocycles. The van der Waals surface area contributed by atoms with E-state index in [-0.39, 0.29) is 11.4 Å². The van der Waals surface area contributed by atoms with Gasteiger partial charge in [-0.05, 0) is 42.7 Å². The molecule has 0 amide bonds. The Hall–Kier alpha value is -2.61. The first kappa shape index (κ1) is 14.9. The molecule has 1 saturated carbocycles. The van der Waals surface area contributed by atoms with Gasteiger partial charge in [-0.25, -0.2) is 0 Å². The zero-order valence-electron chi connectivity index (χ0n) is 14.0. The summed E-state index contributed by atoms with van der Waals surface area (Å²) in [6, 6.07) is 19.1. The summed E-state index contributed by atoms with van der Waals surface area (Å²) in [5.41, 5.74) is 4.18. The van der Waals surface area contributed by atoms with Crippen molar-refractivity contribution in [3.63, 3.8) is 0 Å². The van der Waals surface area contributed by atoms with Crippen LogP contribution in [0.3, 0.4) is 0 Å². The fourth-order valence-corrected chi connectivity index (χ4v) is 3.58. The monoisotopic (exact) mass is 316 g/mol. The Morgan fingerprint density at radius 2 is 1.71 bits per heavy atom. The average molecular weight is 316 g/mol. The van der Waals surface area contributed by atoms with Crippen LogP contribution in [0.1, 0.15) is 31.7 Å². The molecule has 2 nitrogen and oxygen atoms in total. The quantitative estimate of drug-likeness (QED) is 0.794. The van der Waals surface area contributed by atoms with E-state index in [1.165, 1.54) is 16.7 Å². The minimum Gasteiger partial charge on any atom is -0.486 e. The smallest absolute Gasteiger partial charge is 0.163 e. The molecule has 0 bridgehead atoms. The normalized spacial score (nSPS) is 24.8. The SMILES string of the molecule is CC(=O)C1=C(C)O[C@]2(C=C1)C[C@H]2c1ccc(-c2ccccc2)cc1. The van der Waals surface area contributed by atoms with Crippen LogP contribution in [0.2, 0.25) is 0 Å². The molecule has 0 unspecified atom stereocenters. The van der Waals surface area contributed by atoms with Crippen LogP contribution in [0.15, 0.2) is 78.1 Å². The van der Waals surface area contributed by atoms with E-state index in [1.54, 1.807) is 6.92 Å². The molecule has 2 atom stereocenters. The molecule has 0 N–H and O–H groups in total. The largest absolute Gasteiger partial charge is 0.486 e. The maximum absolute atomic E-state index is 11.6. The van der Waals surface area contributed by atoms with Gasteiger partial charge in [0.25, 0.3) is 0 Å². The van der Waals surface area contributed by atoms with Crippen molar-refractivity contribution in [2.75, 3.05) is 0 Å². The van der Waals surface area contributed by atoms with Crippen molar-refractivity contribution in [1.82, 2.24) is 0 Å². The molecule has 0 aromatic heterocycles. The summed E-state index contributed by atoms with van der Waals surface area (Å²) in [5.74, 6) is 1.17. The van der Waals surface area contributed by atoms with Gasteiger partial charge in [0.05, 0.1) is 5.57 Å². The number of ketones is 1. The highest BCUT2D eigenvalue weighted by Crippen LogP contribution is 2.57. The van der Waals surface area contributed by atoms with Gasteiger partial charge in [-0.15, -0.1) is 0 Å². The Kier molecular flexibility index (Phi) is 3.42. The summed E-state index contributed by atoms with van der Waals surface area (Å²) >= 11 is 0. The molecule has 1 aliphatic heterocycles. The minimum absolute atomic E-state index is 0.0583. The van der Waals surface area contributed by atoms with Crippen LogP contribution >= 0.6 is 0 Å². The maximum Gasteiger partial charge on any atom is 0.163 e. The van der Waals surface area contributed by atoms with Crippen molar-refractivity contribution in [1.29, 1.82) is 0 Å². The lowest BCUT2D eigenvalue weighted by atomic mass is 9.99. The molecular formula is C22H20O2. The van der Waals surface area contributed by atoms with E-state index in [0.717, 1.165) is 12.2 Å². The Morgan fingerprint density at radius 1 is 1.04 bits per heavy atom.